The van der Waals surface area contributed by atoms with E-state index in [-0.39, 0.29) is 12.7 Å². The van der Waals surface area contributed by atoms with Crippen LogP contribution in [0.3, 0.4) is 0 Å². The van der Waals surface area contributed by atoms with Crippen molar-refractivity contribution in [1.29, 1.82) is 0 Å². The molecule has 0 aliphatic carbocycles. The zero-order chi connectivity index (χ0) is 14.4. The number of hydrogen-bond donors (Lipinski definition) is 1. The summed E-state index contributed by atoms with van der Waals surface area (Å²) in [5.41, 5.74) is 1.31. The van der Waals surface area contributed by atoms with Crippen LogP contribution in [0, 0.1) is 0 Å². The number of halogens is 1. The summed E-state index contributed by atoms with van der Waals surface area (Å²) in [7, 11) is 0. The van der Waals surface area contributed by atoms with Crippen LogP contribution in [0.25, 0.3) is 0 Å². The van der Waals surface area contributed by atoms with Gasteiger partial charge in [-0.05, 0) is 24.3 Å². The van der Waals surface area contributed by atoms with Crippen molar-refractivity contribution in [2.75, 3.05) is 6.79 Å². The molecule has 6 heteroatoms. The largest absolute Gasteiger partial charge is 0.466 e. The lowest BCUT2D eigenvalue weighted by Crippen LogP contribution is -2.36. The van der Waals surface area contributed by atoms with Gasteiger partial charge in [0.1, 0.15) is 5.75 Å². The van der Waals surface area contributed by atoms with Crippen molar-refractivity contribution in [1.82, 2.24) is 5.32 Å². The molecule has 4 rings (SSSR count). The first-order valence-corrected chi connectivity index (χ1v) is 7.17. The van der Waals surface area contributed by atoms with Gasteiger partial charge in [0, 0.05) is 10.0 Å². The number of para-hydroxylation sites is 1. The topological polar surface area (TPSA) is 56.8 Å². The fraction of sp³-hybridized carbons (Fsp3) is 0.133. The molecule has 2 aliphatic heterocycles. The van der Waals surface area contributed by atoms with E-state index in [2.05, 4.69) is 21.2 Å². The first kappa shape index (κ1) is 12.5. The normalized spacial score (nSPS) is 18.7. The van der Waals surface area contributed by atoms with E-state index in [9.17, 15) is 4.79 Å². The maximum Gasteiger partial charge on any atom is 0.258 e. The lowest BCUT2D eigenvalue weighted by Gasteiger charge is -2.27. The standard InChI is InChI=1S/C15H10BrNO4/c16-10-6-13-12(19-7-20-13)5-9(10)15-17-14(18)8-3-1-2-4-11(8)21-15/h1-6,15H,7H2,(H,17,18)/t15-/m0/s1. The van der Waals surface area contributed by atoms with Crippen LogP contribution in [-0.2, 0) is 0 Å². The molecule has 2 aliphatic rings. The zero-order valence-electron chi connectivity index (χ0n) is 10.8. The Morgan fingerprint density at radius 1 is 1.10 bits per heavy atom. The first-order chi connectivity index (χ1) is 10.2. The summed E-state index contributed by atoms with van der Waals surface area (Å²) in [6.45, 7) is 0.200. The number of hydrogen-bond acceptors (Lipinski definition) is 4. The van der Waals surface area contributed by atoms with Gasteiger partial charge in [0.15, 0.2) is 17.7 Å². The van der Waals surface area contributed by atoms with Gasteiger partial charge in [0.05, 0.1) is 5.56 Å². The van der Waals surface area contributed by atoms with Crippen molar-refractivity contribution in [3.8, 4) is 17.2 Å². The molecule has 0 unspecified atom stereocenters. The van der Waals surface area contributed by atoms with E-state index in [0.29, 0.717) is 22.8 Å². The summed E-state index contributed by atoms with van der Waals surface area (Å²) in [5.74, 6) is 1.72. The van der Waals surface area contributed by atoms with E-state index in [0.717, 1.165) is 10.0 Å². The molecule has 2 aromatic rings. The van der Waals surface area contributed by atoms with Crippen LogP contribution in [-0.4, -0.2) is 12.7 Å². The van der Waals surface area contributed by atoms with Crippen LogP contribution in [0.1, 0.15) is 22.1 Å². The highest BCUT2D eigenvalue weighted by atomic mass is 79.9. The second-order valence-electron chi connectivity index (χ2n) is 4.69. The first-order valence-electron chi connectivity index (χ1n) is 6.38. The maximum atomic E-state index is 12.2. The molecule has 1 amide bonds. The fourth-order valence-electron chi connectivity index (χ4n) is 2.39. The van der Waals surface area contributed by atoms with Gasteiger partial charge in [-0.15, -0.1) is 0 Å². The second kappa shape index (κ2) is 4.66. The number of carbonyl (C=O) groups is 1. The number of rotatable bonds is 1. The van der Waals surface area contributed by atoms with Crippen LogP contribution in [0.2, 0.25) is 0 Å². The average Bonchev–Trinajstić information content (AvgIpc) is 2.93. The summed E-state index contributed by atoms with van der Waals surface area (Å²) in [4.78, 5) is 12.2. The van der Waals surface area contributed by atoms with Gasteiger partial charge in [-0.25, -0.2) is 0 Å². The molecule has 106 valence electrons. The molecule has 0 saturated carbocycles. The predicted octanol–water partition coefficient (Wildman–Crippen LogP) is 3.00. The van der Waals surface area contributed by atoms with Gasteiger partial charge in [-0.1, -0.05) is 28.1 Å². The summed E-state index contributed by atoms with van der Waals surface area (Å²) in [6, 6.07) is 10.8. The van der Waals surface area contributed by atoms with E-state index >= 15 is 0 Å². The molecule has 21 heavy (non-hydrogen) atoms. The Labute approximate surface area is 128 Å². The predicted molar refractivity (Wildman–Crippen MR) is 77.5 cm³/mol. The molecule has 0 aromatic heterocycles. The molecule has 0 spiro atoms. The minimum absolute atomic E-state index is 0.161. The Balaban J connectivity index is 1.74. The second-order valence-corrected chi connectivity index (χ2v) is 5.55. The van der Waals surface area contributed by atoms with Gasteiger partial charge >= 0.3 is 0 Å². The van der Waals surface area contributed by atoms with Crippen molar-refractivity contribution >= 4 is 21.8 Å². The Hall–Kier alpha value is -2.21. The third-order valence-corrected chi connectivity index (χ3v) is 4.10. The fourth-order valence-corrected chi connectivity index (χ4v) is 2.92. The summed E-state index contributed by atoms with van der Waals surface area (Å²) < 4.78 is 17.3. The third kappa shape index (κ3) is 2.03. The van der Waals surface area contributed by atoms with E-state index in [1.165, 1.54) is 0 Å². The van der Waals surface area contributed by atoms with E-state index < -0.39 is 6.23 Å². The molecule has 1 atom stereocenters. The Morgan fingerprint density at radius 2 is 1.86 bits per heavy atom. The van der Waals surface area contributed by atoms with Gasteiger partial charge in [-0.3, -0.25) is 4.79 Å². The minimum atomic E-state index is -0.573. The van der Waals surface area contributed by atoms with Crippen LogP contribution < -0.4 is 19.5 Å². The molecule has 1 N–H and O–H groups in total. The van der Waals surface area contributed by atoms with E-state index in [1.54, 1.807) is 18.2 Å². The van der Waals surface area contributed by atoms with Crippen molar-refractivity contribution in [2.45, 2.75) is 6.23 Å². The number of amides is 1. The molecule has 0 saturated heterocycles. The van der Waals surface area contributed by atoms with Crippen molar-refractivity contribution < 1.29 is 19.0 Å². The molecule has 0 bridgehead atoms. The Morgan fingerprint density at radius 3 is 2.71 bits per heavy atom. The number of benzene rings is 2. The Kier molecular flexibility index (Phi) is 2.78. The Bertz CT molecular complexity index is 746. The smallest absolute Gasteiger partial charge is 0.258 e. The highest BCUT2D eigenvalue weighted by Gasteiger charge is 2.29. The third-order valence-electron chi connectivity index (χ3n) is 3.41. The highest BCUT2D eigenvalue weighted by molar-refractivity contribution is 9.10. The molecular weight excluding hydrogens is 338 g/mol. The van der Waals surface area contributed by atoms with E-state index in [4.69, 9.17) is 14.2 Å². The van der Waals surface area contributed by atoms with Gasteiger partial charge in [0.2, 0.25) is 6.79 Å². The van der Waals surface area contributed by atoms with Crippen LogP contribution >= 0.6 is 15.9 Å². The monoisotopic (exact) mass is 347 g/mol. The molecule has 0 radical (unpaired) electrons. The van der Waals surface area contributed by atoms with Crippen LogP contribution in [0.5, 0.6) is 17.2 Å². The van der Waals surface area contributed by atoms with Gasteiger partial charge in [-0.2, -0.15) is 0 Å². The maximum absolute atomic E-state index is 12.2. The lowest BCUT2D eigenvalue weighted by molar-refractivity contribution is 0.0754. The van der Waals surface area contributed by atoms with Crippen molar-refractivity contribution in [2.24, 2.45) is 0 Å². The zero-order valence-corrected chi connectivity index (χ0v) is 12.3. The van der Waals surface area contributed by atoms with Crippen molar-refractivity contribution in [3.63, 3.8) is 0 Å². The van der Waals surface area contributed by atoms with Crippen molar-refractivity contribution in [3.05, 3.63) is 52.0 Å². The number of nitrogens with one attached hydrogen (secondary N) is 1. The minimum Gasteiger partial charge on any atom is -0.466 e. The van der Waals surface area contributed by atoms with E-state index in [1.807, 2.05) is 18.2 Å². The van der Waals surface area contributed by atoms with Crippen LogP contribution in [0.15, 0.2) is 40.9 Å². The summed E-state index contributed by atoms with van der Waals surface area (Å²) in [5, 5.41) is 2.83. The van der Waals surface area contributed by atoms with Crippen LogP contribution in [0.4, 0.5) is 0 Å². The van der Waals surface area contributed by atoms with Gasteiger partial charge in [0.25, 0.3) is 5.91 Å². The average molecular weight is 348 g/mol. The number of fused-ring (bicyclic) bond motifs is 2. The molecular formula is C15H10BrNO4. The SMILES string of the molecule is O=C1N[C@H](c2cc3c(cc2Br)OCO3)Oc2ccccc21. The lowest BCUT2D eigenvalue weighted by atomic mass is 10.1. The number of ether oxygens (including phenoxy) is 3. The van der Waals surface area contributed by atoms with Gasteiger partial charge < -0.3 is 19.5 Å². The molecule has 2 aromatic carbocycles. The molecule has 5 nitrogen and oxygen atoms in total. The quantitative estimate of drug-likeness (QED) is 0.861. The molecule has 2 heterocycles. The summed E-state index contributed by atoms with van der Waals surface area (Å²) >= 11 is 3.48. The summed E-state index contributed by atoms with van der Waals surface area (Å²) in [6.07, 6.45) is -0.573. The number of carbonyl (C=O) groups excluding carboxylic acids is 1. The highest BCUT2D eigenvalue weighted by Crippen LogP contribution is 2.40. The molecule has 0 fully saturated rings.